The molecule has 0 aliphatic rings. The van der Waals surface area contributed by atoms with E-state index in [4.69, 9.17) is 5.73 Å². The quantitative estimate of drug-likeness (QED) is 0.538. The molecule has 0 spiro atoms. The van der Waals surface area contributed by atoms with Crippen molar-refractivity contribution in [2.75, 3.05) is 5.73 Å². The normalized spacial score (nSPS) is 10.4. The van der Waals surface area contributed by atoms with E-state index in [1.807, 2.05) is 0 Å². The van der Waals surface area contributed by atoms with Gasteiger partial charge >= 0.3 is 0 Å². The molecular weight excluding hydrogens is 130 g/mol. The van der Waals surface area contributed by atoms with Crippen LogP contribution in [-0.4, -0.2) is 19.6 Å². The van der Waals surface area contributed by atoms with E-state index in [1.54, 1.807) is 16.7 Å². The van der Waals surface area contributed by atoms with Crippen LogP contribution in [0.4, 0.5) is 5.95 Å². The van der Waals surface area contributed by atoms with Gasteiger partial charge in [-0.25, -0.2) is 4.98 Å². The summed E-state index contributed by atoms with van der Waals surface area (Å²) in [7, 11) is 0. The third kappa shape index (κ3) is 0.540. The largest absolute Gasteiger partial charge is 0.369 e. The van der Waals surface area contributed by atoms with Crippen molar-refractivity contribution in [3.05, 3.63) is 18.6 Å². The molecule has 0 amide bonds. The molecule has 2 aromatic rings. The summed E-state index contributed by atoms with van der Waals surface area (Å²) >= 11 is 0. The van der Waals surface area contributed by atoms with Crippen LogP contribution in [-0.2, 0) is 0 Å². The van der Waals surface area contributed by atoms with Crippen LogP contribution in [0.3, 0.4) is 0 Å². The number of nitrogens with two attached hydrogens (primary N) is 1. The van der Waals surface area contributed by atoms with Crippen molar-refractivity contribution < 1.29 is 0 Å². The van der Waals surface area contributed by atoms with Crippen LogP contribution in [0.25, 0.3) is 5.65 Å². The van der Waals surface area contributed by atoms with E-state index in [0.717, 1.165) is 0 Å². The Morgan fingerprint density at radius 2 is 2.40 bits per heavy atom. The first-order valence-corrected chi connectivity index (χ1v) is 2.78. The maximum atomic E-state index is 5.47. The number of nitrogens with zero attached hydrogens (tertiary/aromatic N) is 4. The minimum atomic E-state index is 0.405. The lowest BCUT2D eigenvalue weighted by atomic mass is 10.6. The minimum absolute atomic E-state index is 0.405. The van der Waals surface area contributed by atoms with E-state index in [-0.39, 0.29) is 0 Å². The van der Waals surface area contributed by atoms with Gasteiger partial charge in [0.15, 0.2) is 5.65 Å². The number of anilines is 1. The fraction of sp³-hybridized carbons (Fsp3) is 0. The van der Waals surface area contributed by atoms with Crippen molar-refractivity contribution in [1.82, 2.24) is 19.6 Å². The number of hydrogen-bond donors (Lipinski definition) is 1. The fourth-order valence-corrected chi connectivity index (χ4v) is 0.777. The topological polar surface area (TPSA) is 69.1 Å². The summed E-state index contributed by atoms with van der Waals surface area (Å²) in [5.74, 6) is 0.405. The van der Waals surface area contributed by atoms with E-state index in [9.17, 15) is 0 Å². The molecule has 0 aromatic carbocycles. The molecule has 50 valence electrons. The average Bonchev–Trinajstić information content (AvgIpc) is 2.36. The zero-order valence-corrected chi connectivity index (χ0v) is 5.10. The Bertz CT molecular complexity index is 352. The summed E-state index contributed by atoms with van der Waals surface area (Å²) in [6, 6.07) is 1.74. The molecule has 0 unspecified atom stereocenters. The van der Waals surface area contributed by atoms with Crippen LogP contribution in [0, 0.1) is 0 Å². The summed E-state index contributed by atoms with van der Waals surface area (Å²) in [6.07, 6.45) is 3.12. The van der Waals surface area contributed by atoms with E-state index in [0.29, 0.717) is 11.6 Å². The van der Waals surface area contributed by atoms with Gasteiger partial charge in [-0.1, -0.05) is 0 Å². The first-order chi connectivity index (χ1) is 4.88. The highest BCUT2D eigenvalue weighted by Gasteiger charge is 1.95. The van der Waals surface area contributed by atoms with Gasteiger partial charge < -0.3 is 5.73 Å². The maximum Gasteiger partial charge on any atom is 0.207 e. The zero-order chi connectivity index (χ0) is 6.97. The number of nitrogen functional groups attached to an aromatic ring is 1. The molecule has 0 aliphatic heterocycles. The van der Waals surface area contributed by atoms with Crippen molar-refractivity contribution >= 4 is 11.6 Å². The second-order valence-corrected chi connectivity index (χ2v) is 1.86. The fourth-order valence-electron chi connectivity index (χ4n) is 0.777. The molecule has 0 saturated carbocycles. The van der Waals surface area contributed by atoms with Gasteiger partial charge in [0.1, 0.15) is 6.33 Å². The number of hydrogen-bond acceptors (Lipinski definition) is 4. The monoisotopic (exact) mass is 135 g/mol. The van der Waals surface area contributed by atoms with Gasteiger partial charge in [-0.05, 0) is 0 Å². The first-order valence-electron chi connectivity index (χ1n) is 2.78. The van der Waals surface area contributed by atoms with Crippen LogP contribution >= 0.6 is 0 Å². The minimum Gasteiger partial charge on any atom is -0.369 e. The average molecular weight is 135 g/mol. The zero-order valence-electron chi connectivity index (χ0n) is 5.10. The molecule has 0 fully saturated rings. The second kappa shape index (κ2) is 1.66. The van der Waals surface area contributed by atoms with Crippen LogP contribution in [0.2, 0.25) is 0 Å². The Balaban J connectivity index is 2.95. The SMILES string of the molecule is Nc1nccc2nncn12. The van der Waals surface area contributed by atoms with E-state index in [2.05, 4.69) is 15.2 Å². The smallest absolute Gasteiger partial charge is 0.207 e. The van der Waals surface area contributed by atoms with Crippen LogP contribution in [0.15, 0.2) is 18.6 Å². The molecule has 0 radical (unpaired) electrons. The van der Waals surface area contributed by atoms with Gasteiger partial charge in [0.05, 0.1) is 0 Å². The van der Waals surface area contributed by atoms with Gasteiger partial charge in [-0.2, -0.15) is 0 Å². The summed E-state index contributed by atoms with van der Waals surface area (Å²) < 4.78 is 1.61. The lowest BCUT2D eigenvalue weighted by Gasteiger charge is -1.92. The Hall–Kier alpha value is -1.65. The molecule has 0 bridgehead atoms. The lowest BCUT2D eigenvalue weighted by molar-refractivity contribution is 1.08. The van der Waals surface area contributed by atoms with Crippen molar-refractivity contribution in [2.24, 2.45) is 0 Å². The highest BCUT2D eigenvalue weighted by molar-refractivity contribution is 5.40. The molecule has 2 rings (SSSR count). The Morgan fingerprint density at radius 1 is 1.50 bits per heavy atom. The number of rotatable bonds is 0. The molecule has 5 heteroatoms. The van der Waals surface area contributed by atoms with Crippen LogP contribution in [0.1, 0.15) is 0 Å². The van der Waals surface area contributed by atoms with E-state index in [1.165, 1.54) is 6.33 Å². The highest BCUT2D eigenvalue weighted by atomic mass is 15.3. The number of aromatic nitrogens is 4. The molecule has 2 heterocycles. The Morgan fingerprint density at radius 3 is 3.20 bits per heavy atom. The van der Waals surface area contributed by atoms with Crippen LogP contribution < -0.4 is 5.73 Å². The lowest BCUT2D eigenvalue weighted by Crippen LogP contribution is -1.97. The number of fused-ring (bicyclic) bond motifs is 1. The molecule has 10 heavy (non-hydrogen) atoms. The summed E-state index contributed by atoms with van der Waals surface area (Å²) in [4.78, 5) is 3.84. The van der Waals surface area contributed by atoms with Gasteiger partial charge in [0.2, 0.25) is 5.95 Å². The maximum absolute atomic E-state index is 5.47. The highest BCUT2D eigenvalue weighted by Crippen LogP contribution is 2.00. The predicted octanol–water partition coefficient (Wildman–Crippen LogP) is -0.294. The first kappa shape index (κ1) is 5.16. The molecular formula is C5H5N5. The Kier molecular flexibility index (Phi) is 0.858. The third-order valence-electron chi connectivity index (χ3n) is 1.25. The van der Waals surface area contributed by atoms with E-state index < -0.39 is 0 Å². The van der Waals surface area contributed by atoms with Crippen molar-refractivity contribution in [3.63, 3.8) is 0 Å². The predicted molar refractivity (Wildman–Crippen MR) is 35.2 cm³/mol. The second-order valence-electron chi connectivity index (χ2n) is 1.86. The van der Waals surface area contributed by atoms with Crippen LogP contribution in [0.5, 0.6) is 0 Å². The third-order valence-corrected chi connectivity index (χ3v) is 1.25. The van der Waals surface area contributed by atoms with Crippen molar-refractivity contribution in [2.45, 2.75) is 0 Å². The van der Waals surface area contributed by atoms with E-state index >= 15 is 0 Å². The summed E-state index contributed by atoms with van der Waals surface area (Å²) in [5.41, 5.74) is 6.19. The summed E-state index contributed by atoms with van der Waals surface area (Å²) in [5, 5.41) is 7.43. The molecule has 2 aromatic heterocycles. The van der Waals surface area contributed by atoms with Crippen molar-refractivity contribution in [1.29, 1.82) is 0 Å². The van der Waals surface area contributed by atoms with Gasteiger partial charge in [0.25, 0.3) is 0 Å². The standard InChI is InChI=1S/C5H5N5/c6-5-7-2-1-4-9-8-3-10(4)5/h1-3H,(H2,6,7). The molecule has 0 atom stereocenters. The molecule has 2 N–H and O–H groups in total. The molecule has 5 nitrogen and oxygen atoms in total. The summed E-state index contributed by atoms with van der Waals surface area (Å²) in [6.45, 7) is 0. The Labute approximate surface area is 56.5 Å². The van der Waals surface area contributed by atoms with Gasteiger partial charge in [0, 0.05) is 12.3 Å². The van der Waals surface area contributed by atoms with Crippen molar-refractivity contribution in [3.8, 4) is 0 Å². The molecule has 0 aliphatic carbocycles. The molecule has 0 saturated heterocycles. The van der Waals surface area contributed by atoms with Gasteiger partial charge in [-0.15, -0.1) is 10.2 Å². The van der Waals surface area contributed by atoms with Gasteiger partial charge in [-0.3, -0.25) is 4.40 Å².